The predicted octanol–water partition coefficient (Wildman–Crippen LogP) is 2.85. The summed E-state index contributed by atoms with van der Waals surface area (Å²) in [5.41, 5.74) is 2.09. The maximum absolute atomic E-state index is 9.17. The van der Waals surface area contributed by atoms with Gasteiger partial charge in [-0.2, -0.15) is 5.26 Å². The third-order valence-electron chi connectivity index (χ3n) is 2.63. The summed E-state index contributed by atoms with van der Waals surface area (Å²) in [5, 5.41) is 9.17. The summed E-state index contributed by atoms with van der Waals surface area (Å²) in [4.78, 5) is 4.24. The molecule has 4 heteroatoms. The van der Waals surface area contributed by atoms with Crippen molar-refractivity contribution < 1.29 is 9.47 Å². The zero-order chi connectivity index (χ0) is 13.7. The number of pyridine rings is 1. The molecule has 0 saturated carbocycles. The quantitative estimate of drug-likeness (QED) is 0.841. The molecule has 0 N–H and O–H groups in total. The van der Waals surface area contributed by atoms with Crippen molar-refractivity contribution in [2.75, 3.05) is 7.11 Å². The smallest absolute Gasteiger partial charge is 0.236 e. The standard InChI is InChI=1S/C15H14N2O2/c1-11-8-14(18-2)13(9-16)15(17-11)19-10-12-6-4-3-5-7-12/h3-8H,10H2,1-2H3. The fourth-order valence-corrected chi connectivity index (χ4v) is 1.71. The SMILES string of the molecule is COc1cc(C)nc(OCc2ccccc2)c1C#N. The van der Waals surface area contributed by atoms with Crippen LogP contribution in [0.3, 0.4) is 0 Å². The van der Waals surface area contributed by atoms with E-state index in [9.17, 15) is 0 Å². The van der Waals surface area contributed by atoms with E-state index in [1.54, 1.807) is 6.07 Å². The summed E-state index contributed by atoms with van der Waals surface area (Å²) >= 11 is 0. The Bertz CT molecular complexity index is 604. The van der Waals surface area contributed by atoms with E-state index in [0.717, 1.165) is 11.3 Å². The van der Waals surface area contributed by atoms with Crippen LogP contribution in [0.5, 0.6) is 11.6 Å². The Hall–Kier alpha value is -2.54. The van der Waals surface area contributed by atoms with Gasteiger partial charge in [-0.05, 0) is 12.5 Å². The Labute approximate surface area is 112 Å². The van der Waals surface area contributed by atoms with Crippen LogP contribution in [0.2, 0.25) is 0 Å². The molecule has 0 aliphatic heterocycles. The second-order valence-corrected chi connectivity index (χ2v) is 4.03. The van der Waals surface area contributed by atoms with Crippen molar-refractivity contribution in [3.8, 4) is 17.7 Å². The number of rotatable bonds is 4. The Morgan fingerprint density at radius 3 is 2.63 bits per heavy atom. The van der Waals surface area contributed by atoms with Gasteiger partial charge in [-0.1, -0.05) is 30.3 Å². The molecule has 96 valence electrons. The minimum absolute atomic E-state index is 0.309. The number of hydrogen-bond acceptors (Lipinski definition) is 4. The van der Waals surface area contributed by atoms with Gasteiger partial charge in [0.15, 0.2) is 5.56 Å². The van der Waals surface area contributed by atoms with Crippen LogP contribution < -0.4 is 9.47 Å². The first-order chi connectivity index (χ1) is 9.24. The van der Waals surface area contributed by atoms with Crippen molar-refractivity contribution >= 4 is 0 Å². The van der Waals surface area contributed by atoms with E-state index in [2.05, 4.69) is 11.1 Å². The Kier molecular flexibility index (Phi) is 3.99. The van der Waals surface area contributed by atoms with E-state index < -0.39 is 0 Å². The summed E-state index contributed by atoms with van der Waals surface area (Å²) in [6.45, 7) is 2.20. The van der Waals surface area contributed by atoms with Crippen LogP contribution in [-0.4, -0.2) is 12.1 Å². The molecule has 0 radical (unpaired) electrons. The number of methoxy groups -OCH3 is 1. The fourth-order valence-electron chi connectivity index (χ4n) is 1.71. The molecule has 1 heterocycles. The second-order valence-electron chi connectivity index (χ2n) is 4.03. The fraction of sp³-hybridized carbons (Fsp3) is 0.200. The van der Waals surface area contributed by atoms with E-state index in [4.69, 9.17) is 14.7 Å². The zero-order valence-electron chi connectivity index (χ0n) is 10.9. The topological polar surface area (TPSA) is 55.1 Å². The first kappa shape index (κ1) is 12.9. The average molecular weight is 254 g/mol. The van der Waals surface area contributed by atoms with Crippen molar-refractivity contribution in [1.82, 2.24) is 4.98 Å². The highest BCUT2D eigenvalue weighted by atomic mass is 16.5. The van der Waals surface area contributed by atoms with Crippen LogP contribution in [-0.2, 0) is 6.61 Å². The van der Waals surface area contributed by atoms with E-state index in [1.807, 2.05) is 37.3 Å². The molecule has 0 spiro atoms. The maximum atomic E-state index is 9.17. The van der Waals surface area contributed by atoms with Crippen LogP contribution in [0.15, 0.2) is 36.4 Å². The van der Waals surface area contributed by atoms with Crippen LogP contribution in [0, 0.1) is 18.3 Å². The summed E-state index contributed by atoms with van der Waals surface area (Å²) < 4.78 is 10.8. The van der Waals surface area contributed by atoms with Gasteiger partial charge in [0, 0.05) is 11.8 Å². The third kappa shape index (κ3) is 3.02. The summed E-state index contributed by atoms with van der Waals surface area (Å²) in [6, 6.07) is 13.5. The van der Waals surface area contributed by atoms with Gasteiger partial charge < -0.3 is 9.47 Å². The van der Waals surface area contributed by atoms with E-state index in [1.165, 1.54) is 7.11 Å². The maximum Gasteiger partial charge on any atom is 0.236 e. The van der Waals surface area contributed by atoms with Crippen LogP contribution in [0.25, 0.3) is 0 Å². The lowest BCUT2D eigenvalue weighted by Gasteiger charge is -2.10. The molecule has 0 atom stereocenters. The first-order valence-electron chi connectivity index (χ1n) is 5.87. The normalized spacial score (nSPS) is 9.74. The molecular formula is C15H14N2O2. The summed E-state index contributed by atoms with van der Waals surface area (Å²) in [7, 11) is 1.52. The highest BCUT2D eigenvalue weighted by Crippen LogP contribution is 2.27. The van der Waals surface area contributed by atoms with Gasteiger partial charge in [0.2, 0.25) is 5.88 Å². The first-order valence-corrected chi connectivity index (χ1v) is 5.87. The molecule has 2 aromatic rings. The van der Waals surface area contributed by atoms with Gasteiger partial charge in [-0.25, -0.2) is 4.98 Å². The zero-order valence-corrected chi connectivity index (χ0v) is 10.9. The number of hydrogen-bond donors (Lipinski definition) is 0. The predicted molar refractivity (Wildman–Crippen MR) is 71.0 cm³/mol. The number of benzene rings is 1. The van der Waals surface area contributed by atoms with Crippen molar-refractivity contribution in [2.45, 2.75) is 13.5 Å². The molecule has 0 aliphatic rings. The minimum atomic E-state index is 0.309. The summed E-state index contributed by atoms with van der Waals surface area (Å²) in [6.07, 6.45) is 0. The second kappa shape index (κ2) is 5.87. The molecule has 0 aliphatic carbocycles. The van der Waals surface area contributed by atoms with Gasteiger partial charge in [0.1, 0.15) is 18.4 Å². The summed E-state index contributed by atoms with van der Waals surface area (Å²) in [5.74, 6) is 0.793. The Morgan fingerprint density at radius 1 is 1.26 bits per heavy atom. The van der Waals surface area contributed by atoms with Crippen LogP contribution in [0.4, 0.5) is 0 Å². The molecule has 0 unspecified atom stereocenters. The van der Waals surface area contributed by atoms with Gasteiger partial charge in [-0.3, -0.25) is 0 Å². The van der Waals surface area contributed by atoms with Crippen molar-refractivity contribution in [3.63, 3.8) is 0 Å². The molecule has 0 fully saturated rings. The van der Waals surface area contributed by atoms with E-state index in [0.29, 0.717) is 23.8 Å². The minimum Gasteiger partial charge on any atom is -0.495 e. The number of ether oxygens (including phenoxy) is 2. The molecule has 1 aromatic heterocycles. The monoisotopic (exact) mass is 254 g/mol. The van der Waals surface area contributed by atoms with E-state index in [-0.39, 0.29) is 0 Å². The molecular weight excluding hydrogens is 240 g/mol. The van der Waals surface area contributed by atoms with Gasteiger partial charge >= 0.3 is 0 Å². The average Bonchev–Trinajstić information content (AvgIpc) is 2.45. The van der Waals surface area contributed by atoms with Crippen molar-refractivity contribution in [3.05, 3.63) is 53.2 Å². The number of nitrogens with zero attached hydrogens (tertiary/aromatic N) is 2. The van der Waals surface area contributed by atoms with Gasteiger partial charge in [0.05, 0.1) is 7.11 Å². The lowest BCUT2D eigenvalue weighted by molar-refractivity contribution is 0.289. The lowest BCUT2D eigenvalue weighted by atomic mass is 10.2. The number of aromatic nitrogens is 1. The van der Waals surface area contributed by atoms with Gasteiger partial charge in [0.25, 0.3) is 0 Å². The molecule has 0 saturated heterocycles. The Morgan fingerprint density at radius 2 is 2.00 bits per heavy atom. The number of nitriles is 1. The van der Waals surface area contributed by atoms with E-state index >= 15 is 0 Å². The van der Waals surface area contributed by atoms with Gasteiger partial charge in [-0.15, -0.1) is 0 Å². The lowest BCUT2D eigenvalue weighted by Crippen LogP contribution is -2.02. The van der Waals surface area contributed by atoms with Crippen LogP contribution in [0.1, 0.15) is 16.8 Å². The van der Waals surface area contributed by atoms with Crippen LogP contribution >= 0.6 is 0 Å². The highest BCUT2D eigenvalue weighted by Gasteiger charge is 2.13. The molecule has 19 heavy (non-hydrogen) atoms. The highest BCUT2D eigenvalue weighted by molar-refractivity contribution is 5.50. The van der Waals surface area contributed by atoms with Crippen molar-refractivity contribution in [1.29, 1.82) is 5.26 Å². The number of aryl methyl sites for hydroxylation is 1. The molecule has 4 nitrogen and oxygen atoms in total. The molecule has 0 amide bonds. The largest absolute Gasteiger partial charge is 0.495 e. The molecule has 2 rings (SSSR count). The molecule has 1 aromatic carbocycles. The molecule has 0 bridgehead atoms. The Balaban J connectivity index is 2.25. The van der Waals surface area contributed by atoms with Crippen molar-refractivity contribution in [2.24, 2.45) is 0 Å². The third-order valence-corrected chi connectivity index (χ3v) is 2.63.